The van der Waals surface area contributed by atoms with E-state index >= 15 is 0 Å². The molecule has 4 atom stereocenters. The van der Waals surface area contributed by atoms with Gasteiger partial charge in [0.05, 0.1) is 25.5 Å². The first-order valence-corrected chi connectivity index (χ1v) is 5.53. The van der Waals surface area contributed by atoms with Gasteiger partial charge in [0, 0.05) is 6.42 Å². The second-order valence-corrected chi connectivity index (χ2v) is 4.26. The average molecular weight is 260 g/mol. The van der Waals surface area contributed by atoms with Gasteiger partial charge in [0.1, 0.15) is 6.10 Å². The Bertz CT molecular complexity index is 363. The summed E-state index contributed by atoms with van der Waals surface area (Å²) in [7, 11) is 0. The monoisotopic (exact) mass is 260 g/mol. The van der Waals surface area contributed by atoms with Gasteiger partial charge in [-0.15, -0.1) is 0 Å². The summed E-state index contributed by atoms with van der Waals surface area (Å²) in [6.07, 6.45) is -4.47. The molecule has 0 aromatic rings. The van der Waals surface area contributed by atoms with Crippen LogP contribution in [0.3, 0.4) is 0 Å². The van der Waals surface area contributed by atoms with Crippen molar-refractivity contribution in [1.82, 2.24) is 10.2 Å². The van der Waals surface area contributed by atoms with Gasteiger partial charge in [-0.2, -0.15) is 4.99 Å². The molecule has 9 heteroatoms. The summed E-state index contributed by atoms with van der Waals surface area (Å²) in [6.45, 7) is -0.0690. The topological polar surface area (TPSA) is 141 Å². The number of aliphatic hydroxyl groups is 3. The number of urea groups is 1. The van der Waals surface area contributed by atoms with Crippen molar-refractivity contribution in [2.24, 2.45) is 10.7 Å². The number of ether oxygens (including phenoxy) is 1. The molecule has 0 aromatic heterocycles. The lowest BCUT2D eigenvalue weighted by Gasteiger charge is -2.35. The Balaban J connectivity index is 2.14. The number of guanidine groups is 1. The van der Waals surface area contributed by atoms with Crippen LogP contribution in [-0.2, 0) is 4.74 Å². The lowest BCUT2D eigenvalue weighted by atomic mass is 10.1. The first-order chi connectivity index (χ1) is 8.49. The van der Waals surface area contributed by atoms with Gasteiger partial charge in [0.25, 0.3) is 0 Å². The van der Waals surface area contributed by atoms with Gasteiger partial charge in [0.15, 0.2) is 12.2 Å². The van der Waals surface area contributed by atoms with Crippen LogP contribution < -0.4 is 11.1 Å². The van der Waals surface area contributed by atoms with E-state index in [1.165, 1.54) is 0 Å². The van der Waals surface area contributed by atoms with Crippen molar-refractivity contribution in [3.63, 3.8) is 0 Å². The Morgan fingerprint density at radius 2 is 2.17 bits per heavy atom. The molecule has 2 aliphatic rings. The minimum atomic E-state index is -1.32. The number of carbonyl (C=O) groups excluding carboxylic acids is 1. The van der Waals surface area contributed by atoms with E-state index in [0.717, 1.165) is 4.90 Å². The molecule has 3 unspecified atom stereocenters. The third kappa shape index (κ3) is 2.53. The van der Waals surface area contributed by atoms with Crippen molar-refractivity contribution in [3.05, 3.63) is 0 Å². The standard InChI is InChI=1S/C9H16N4O5/c10-8-11-3-13(9(17)12-8)7-6(16)5(15)1-4(14)2-18-7/h4-7,14-16H,1-3H2,(H3,10,11,12,17)/t4?,5?,6?,7-/m1/s1. The van der Waals surface area contributed by atoms with E-state index < -0.39 is 30.6 Å². The maximum Gasteiger partial charge on any atom is 0.350 e. The average Bonchev–Trinajstić information content (AvgIpc) is 2.41. The molecule has 0 aromatic carbocycles. The van der Waals surface area contributed by atoms with Gasteiger partial charge in [-0.25, -0.2) is 4.79 Å². The molecule has 0 aliphatic carbocycles. The Hall–Kier alpha value is -1.42. The minimum Gasteiger partial charge on any atom is -0.391 e. The van der Waals surface area contributed by atoms with Crippen molar-refractivity contribution in [2.75, 3.05) is 13.3 Å². The summed E-state index contributed by atoms with van der Waals surface area (Å²) in [5, 5.41) is 31.6. The quantitative estimate of drug-likeness (QED) is 0.341. The van der Waals surface area contributed by atoms with Crippen LogP contribution in [0.2, 0.25) is 0 Å². The molecular weight excluding hydrogens is 244 g/mol. The second kappa shape index (κ2) is 5.06. The van der Waals surface area contributed by atoms with E-state index in [1.807, 2.05) is 0 Å². The van der Waals surface area contributed by atoms with Crippen LogP contribution >= 0.6 is 0 Å². The zero-order chi connectivity index (χ0) is 13.3. The lowest BCUT2D eigenvalue weighted by Crippen LogP contribution is -2.57. The molecule has 18 heavy (non-hydrogen) atoms. The van der Waals surface area contributed by atoms with E-state index in [0.29, 0.717) is 0 Å². The predicted octanol–water partition coefficient (Wildman–Crippen LogP) is -2.89. The molecule has 2 rings (SSSR count). The fourth-order valence-corrected chi connectivity index (χ4v) is 1.90. The maximum atomic E-state index is 11.6. The predicted molar refractivity (Wildman–Crippen MR) is 59.2 cm³/mol. The van der Waals surface area contributed by atoms with Crippen LogP contribution in [0.4, 0.5) is 4.79 Å². The molecule has 0 spiro atoms. The molecule has 2 amide bonds. The fraction of sp³-hybridized carbons (Fsp3) is 0.778. The maximum absolute atomic E-state index is 11.6. The molecule has 0 saturated carbocycles. The van der Waals surface area contributed by atoms with E-state index in [1.54, 1.807) is 0 Å². The summed E-state index contributed by atoms with van der Waals surface area (Å²) in [5.74, 6) is -0.0139. The summed E-state index contributed by atoms with van der Waals surface area (Å²) < 4.78 is 5.24. The molecule has 2 aliphatic heterocycles. The van der Waals surface area contributed by atoms with Crippen LogP contribution in [0.15, 0.2) is 4.99 Å². The van der Waals surface area contributed by atoms with Crippen LogP contribution in [0.25, 0.3) is 0 Å². The number of rotatable bonds is 1. The van der Waals surface area contributed by atoms with Crippen molar-refractivity contribution in [1.29, 1.82) is 0 Å². The van der Waals surface area contributed by atoms with Gasteiger partial charge in [0.2, 0.25) is 0 Å². The minimum absolute atomic E-state index is 0.0126. The molecule has 1 saturated heterocycles. The Morgan fingerprint density at radius 3 is 2.83 bits per heavy atom. The SMILES string of the molecule is NC1=NC(=O)N([C@@H]2OCC(O)CC(O)C2O)CN1. The number of hydrogen-bond acceptors (Lipinski definition) is 7. The summed E-state index contributed by atoms with van der Waals surface area (Å²) >= 11 is 0. The summed E-state index contributed by atoms with van der Waals surface area (Å²) in [4.78, 5) is 16.2. The third-order valence-electron chi connectivity index (χ3n) is 2.86. The zero-order valence-corrected chi connectivity index (χ0v) is 9.56. The number of aliphatic imine (C=N–C) groups is 1. The van der Waals surface area contributed by atoms with Crippen molar-refractivity contribution in [3.8, 4) is 0 Å². The molecule has 0 radical (unpaired) electrons. The molecule has 0 bridgehead atoms. The van der Waals surface area contributed by atoms with Gasteiger partial charge in [-0.1, -0.05) is 0 Å². The second-order valence-electron chi connectivity index (χ2n) is 4.26. The zero-order valence-electron chi connectivity index (χ0n) is 9.56. The van der Waals surface area contributed by atoms with Crippen LogP contribution in [-0.4, -0.2) is 70.0 Å². The largest absolute Gasteiger partial charge is 0.391 e. The highest BCUT2D eigenvalue weighted by atomic mass is 16.5. The van der Waals surface area contributed by atoms with Crippen LogP contribution in [0, 0.1) is 0 Å². The van der Waals surface area contributed by atoms with Crippen molar-refractivity contribution >= 4 is 12.0 Å². The molecule has 6 N–H and O–H groups in total. The van der Waals surface area contributed by atoms with E-state index in [9.17, 15) is 20.1 Å². The van der Waals surface area contributed by atoms with Gasteiger partial charge in [-0.05, 0) is 0 Å². The molecule has 102 valence electrons. The number of hydrogen-bond donors (Lipinski definition) is 5. The molecule has 1 fully saturated rings. The summed E-state index contributed by atoms with van der Waals surface area (Å²) in [6, 6.07) is -0.668. The third-order valence-corrected chi connectivity index (χ3v) is 2.86. The molecule has 9 nitrogen and oxygen atoms in total. The van der Waals surface area contributed by atoms with Gasteiger partial charge in [-0.3, -0.25) is 4.90 Å². The highest BCUT2D eigenvalue weighted by molar-refractivity contribution is 5.93. The summed E-state index contributed by atoms with van der Waals surface area (Å²) in [5.41, 5.74) is 5.33. The number of carbonyl (C=O) groups is 1. The van der Waals surface area contributed by atoms with Crippen LogP contribution in [0.5, 0.6) is 0 Å². The first-order valence-electron chi connectivity index (χ1n) is 5.53. The lowest BCUT2D eigenvalue weighted by molar-refractivity contribution is -0.129. The number of nitrogens with one attached hydrogen (secondary N) is 1. The fourth-order valence-electron chi connectivity index (χ4n) is 1.90. The molecule has 2 heterocycles. The first kappa shape index (κ1) is 13.0. The number of nitrogens with two attached hydrogens (primary N) is 1. The smallest absolute Gasteiger partial charge is 0.350 e. The Morgan fingerprint density at radius 1 is 1.44 bits per heavy atom. The number of nitrogens with zero attached hydrogens (tertiary/aromatic N) is 2. The normalized spacial score (nSPS) is 37.8. The van der Waals surface area contributed by atoms with Crippen LogP contribution in [0.1, 0.15) is 6.42 Å². The Labute approximate surface area is 103 Å². The Kier molecular flexibility index (Phi) is 3.66. The molecular formula is C9H16N4O5. The van der Waals surface area contributed by atoms with E-state index in [-0.39, 0.29) is 25.7 Å². The van der Waals surface area contributed by atoms with Gasteiger partial charge >= 0.3 is 6.03 Å². The highest BCUT2D eigenvalue weighted by Crippen LogP contribution is 2.19. The van der Waals surface area contributed by atoms with Crippen molar-refractivity contribution in [2.45, 2.75) is 31.0 Å². The number of amides is 2. The van der Waals surface area contributed by atoms with E-state index in [2.05, 4.69) is 10.3 Å². The number of aliphatic hydroxyl groups excluding tert-OH is 3. The van der Waals surface area contributed by atoms with Gasteiger partial charge < -0.3 is 31.1 Å². The highest BCUT2D eigenvalue weighted by Gasteiger charge is 2.39. The van der Waals surface area contributed by atoms with E-state index in [4.69, 9.17) is 10.5 Å². The van der Waals surface area contributed by atoms with Crippen molar-refractivity contribution < 1.29 is 24.9 Å².